The van der Waals surface area contributed by atoms with Gasteiger partial charge in [0, 0.05) is 48.7 Å². The van der Waals surface area contributed by atoms with Gasteiger partial charge >= 0.3 is 6.03 Å². The molecule has 7 rings (SSSR count). The van der Waals surface area contributed by atoms with Crippen molar-refractivity contribution >= 4 is 22.8 Å². The quantitative estimate of drug-likeness (QED) is 0.628. The van der Waals surface area contributed by atoms with Gasteiger partial charge in [-0.15, -0.1) is 0 Å². The normalized spacial score (nSPS) is 31.2. The first-order valence-corrected chi connectivity index (χ1v) is 13.0. The average Bonchev–Trinajstić information content (AvgIpc) is 3.22. The fourth-order valence-electron chi connectivity index (χ4n) is 7.86. The molecule has 3 N–H and O–H groups in total. The van der Waals surface area contributed by atoms with Crippen molar-refractivity contribution in [1.82, 2.24) is 20.5 Å². The molecule has 2 aromatic rings. The van der Waals surface area contributed by atoms with Crippen molar-refractivity contribution in [2.75, 3.05) is 19.6 Å². The number of rotatable bonds is 5. The van der Waals surface area contributed by atoms with E-state index >= 15 is 0 Å². The molecule has 3 amide bonds. The lowest BCUT2D eigenvalue weighted by molar-refractivity contribution is -0.132. The van der Waals surface area contributed by atoms with Crippen LogP contribution in [0.25, 0.3) is 10.9 Å². The van der Waals surface area contributed by atoms with E-state index in [0.29, 0.717) is 18.9 Å². The molecular weight excluding hydrogens is 412 g/mol. The van der Waals surface area contributed by atoms with Gasteiger partial charge in [0.2, 0.25) is 5.91 Å². The van der Waals surface area contributed by atoms with E-state index in [0.717, 1.165) is 62.9 Å². The molecule has 0 spiro atoms. The average molecular weight is 449 g/mol. The molecule has 0 atom stereocenters. The molecule has 4 saturated carbocycles. The zero-order valence-electron chi connectivity index (χ0n) is 19.4. The van der Waals surface area contributed by atoms with Gasteiger partial charge in [-0.2, -0.15) is 0 Å². The number of hydrogen-bond donors (Lipinski definition) is 3. The Morgan fingerprint density at radius 3 is 2.36 bits per heavy atom. The third-order valence-corrected chi connectivity index (χ3v) is 8.95. The van der Waals surface area contributed by atoms with Crippen LogP contribution in [0.2, 0.25) is 0 Å². The summed E-state index contributed by atoms with van der Waals surface area (Å²) in [4.78, 5) is 30.7. The van der Waals surface area contributed by atoms with Gasteiger partial charge in [0.25, 0.3) is 0 Å². The van der Waals surface area contributed by atoms with E-state index in [9.17, 15) is 9.59 Å². The lowest BCUT2D eigenvalue weighted by Crippen LogP contribution is -2.61. The monoisotopic (exact) mass is 448 g/mol. The molecule has 6 heteroatoms. The number of hydrogen-bond acceptors (Lipinski definition) is 2. The van der Waals surface area contributed by atoms with Crippen LogP contribution >= 0.6 is 0 Å². The van der Waals surface area contributed by atoms with Crippen molar-refractivity contribution in [3.63, 3.8) is 0 Å². The Balaban J connectivity index is 0.954. The number of benzene rings is 1. The first-order chi connectivity index (χ1) is 16.1. The van der Waals surface area contributed by atoms with Gasteiger partial charge in [-0.1, -0.05) is 18.2 Å². The summed E-state index contributed by atoms with van der Waals surface area (Å²) in [5.41, 5.74) is 2.58. The number of nitrogens with zero attached hydrogens (tertiary/aromatic N) is 1. The number of carbonyl (C=O) groups excluding carboxylic acids is 2. The van der Waals surface area contributed by atoms with Gasteiger partial charge in [0.1, 0.15) is 0 Å². The molecule has 5 fully saturated rings. The summed E-state index contributed by atoms with van der Waals surface area (Å²) >= 11 is 0. The summed E-state index contributed by atoms with van der Waals surface area (Å²) in [5.74, 6) is 3.08. The smallest absolute Gasteiger partial charge is 0.315 e. The Kier molecular flexibility index (Phi) is 5.34. The number of carbonyl (C=O) groups is 2. The van der Waals surface area contributed by atoms with Crippen molar-refractivity contribution in [3.05, 3.63) is 36.0 Å². The number of H-pyrrole nitrogens is 1. The van der Waals surface area contributed by atoms with Crippen LogP contribution in [0.3, 0.4) is 0 Å². The van der Waals surface area contributed by atoms with Crippen molar-refractivity contribution in [2.24, 2.45) is 17.8 Å². The summed E-state index contributed by atoms with van der Waals surface area (Å²) in [5, 5.41) is 7.62. The molecule has 5 aliphatic rings. The third kappa shape index (κ3) is 4.13. The number of likely N-dealkylation sites (tertiary alicyclic amines) is 1. The Morgan fingerprint density at radius 1 is 1.00 bits per heavy atom. The van der Waals surface area contributed by atoms with Crippen LogP contribution < -0.4 is 10.6 Å². The van der Waals surface area contributed by atoms with E-state index in [4.69, 9.17) is 0 Å². The minimum Gasteiger partial charge on any atom is -0.361 e. The third-order valence-electron chi connectivity index (χ3n) is 8.95. The van der Waals surface area contributed by atoms with Crippen LogP contribution in [0.5, 0.6) is 0 Å². The largest absolute Gasteiger partial charge is 0.361 e. The molecule has 1 aliphatic heterocycles. The first kappa shape index (κ1) is 21.1. The SMILES string of the molecule is O=C(NCCC(=O)N1CCC(c2c[nH]c3ccccc23)CC1)NC12CC3CC(CC(C3)C1)C2. The zero-order valence-corrected chi connectivity index (χ0v) is 19.4. The maximum Gasteiger partial charge on any atom is 0.315 e. The van der Waals surface area contributed by atoms with Gasteiger partial charge in [0.15, 0.2) is 0 Å². The minimum atomic E-state index is -0.0807. The fourth-order valence-corrected chi connectivity index (χ4v) is 7.86. The van der Waals surface area contributed by atoms with E-state index in [-0.39, 0.29) is 17.5 Å². The van der Waals surface area contributed by atoms with Gasteiger partial charge in [0.05, 0.1) is 0 Å². The number of nitrogens with one attached hydrogen (secondary N) is 3. The number of para-hydroxylation sites is 1. The number of fused-ring (bicyclic) bond motifs is 1. The van der Waals surface area contributed by atoms with Crippen LogP contribution in [-0.4, -0.2) is 47.0 Å². The Morgan fingerprint density at radius 2 is 1.67 bits per heavy atom. The van der Waals surface area contributed by atoms with Crippen LogP contribution in [0.1, 0.15) is 69.3 Å². The Labute approximate surface area is 195 Å². The summed E-state index contributed by atoms with van der Waals surface area (Å²) < 4.78 is 0. The standard InChI is InChI=1S/C27H36N4O2/c32-25(31-9-6-21(7-10-31)23-17-29-24-4-2-1-3-22(23)24)5-8-28-26(33)30-27-14-18-11-19(15-27)13-20(12-18)16-27/h1-4,17-21,29H,5-16H2,(H2,28,30,33). The summed E-state index contributed by atoms with van der Waals surface area (Å²) in [7, 11) is 0. The molecule has 1 aromatic heterocycles. The number of aromatic amines is 1. The molecule has 2 heterocycles. The highest BCUT2D eigenvalue weighted by Crippen LogP contribution is 2.55. The van der Waals surface area contributed by atoms with Crippen molar-refractivity contribution in [1.29, 1.82) is 0 Å². The number of amides is 3. The summed E-state index contributed by atoms with van der Waals surface area (Å²) in [6.45, 7) is 2.00. The molecule has 4 bridgehead atoms. The van der Waals surface area contributed by atoms with Gasteiger partial charge in [-0.05, 0) is 86.7 Å². The van der Waals surface area contributed by atoms with Crippen LogP contribution in [0.4, 0.5) is 4.79 Å². The van der Waals surface area contributed by atoms with Gasteiger partial charge < -0.3 is 20.5 Å². The molecule has 4 aliphatic carbocycles. The lowest BCUT2D eigenvalue weighted by atomic mass is 9.53. The van der Waals surface area contributed by atoms with E-state index in [1.807, 2.05) is 4.90 Å². The molecule has 33 heavy (non-hydrogen) atoms. The molecule has 6 nitrogen and oxygen atoms in total. The van der Waals surface area contributed by atoms with E-state index in [1.54, 1.807) is 0 Å². The highest BCUT2D eigenvalue weighted by Gasteiger charge is 2.51. The second-order valence-corrected chi connectivity index (χ2v) is 11.3. The number of piperidine rings is 1. The van der Waals surface area contributed by atoms with Crippen LogP contribution in [-0.2, 0) is 4.79 Å². The number of urea groups is 1. The Bertz CT molecular complexity index is 1000. The summed E-state index contributed by atoms with van der Waals surface area (Å²) in [6, 6.07) is 8.36. The second-order valence-electron chi connectivity index (χ2n) is 11.3. The molecule has 1 aromatic carbocycles. The Hall–Kier alpha value is -2.50. The molecule has 176 valence electrons. The second kappa shape index (κ2) is 8.37. The molecular formula is C27H36N4O2. The van der Waals surface area contributed by atoms with Crippen molar-refractivity contribution in [3.8, 4) is 0 Å². The molecule has 0 radical (unpaired) electrons. The van der Waals surface area contributed by atoms with E-state index in [1.165, 1.54) is 35.7 Å². The fraction of sp³-hybridized carbons (Fsp3) is 0.630. The molecule has 1 saturated heterocycles. The highest BCUT2D eigenvalue weighted by molar-refractivity contribution is 5.84. The molecule has 0 unspecified atom stereocenters. The lowest BCUT2D eigenvalue weighted by Gasteiger charge is -2.56. The van der Waals surface area contributed by atoms with E-state index < -0.39 is 0 Å². The van der Waals surface area contributed by atoms with Crippen molar-refractivity contribution in [2.45, 2.75) is 69.2 Å². The highest BCUT2D eigenvalue weighted by atomic mass is 16.2. The zero-order chi connectivity index (χ0) is 22.4. The van der Waals surface area contributed by atoms with Crippen LogP contribution in [0, 0.1) is 17.8 Å². The maximum absolute atomic E-state index is 12.7. The summed E-state index contributed by atoms with van der Waals surface area (Å²) in [6.07, 6.45) is 12.1. The predicted molar refractivity (Wildman–Crippen MR) is 129 cm³/mol. The predicted octanol–water partition coefficient (Wildman–Crippen LogP) is 4.53. The van der Waals surface area contributed by atoms with Crippen molar-refractivity contribution < 1.29 is 9.59 Å². The van der Waals surface area contributed by atoms with Crippen LogP contribution in [0.15, 0.2) is 30.5 Å². The first-order valence-electron chi connectivity index (χ1n) is 13.0. The maximum atomic E-state index is 12.7. The van der Waals surface area contributed by atoms with E-state index in [2.05, 4.69) is 46.1 Å². The van der Waals surface area contributed by atoms with Gasteiger partial charge in [-0.3, -0.25) is 4.79 Å². The topological polar surface area (TPSA) is 77.2 Å². The minimum absolute atomic E-state index is 0.0210. The van der Waals surface area contributed by atoms with Gasteiger partial charge in [-0.25, -0.2) is 4.79 Å². The number of aromatic nitrogens is 1.